The minimum Gasteiger partial charge on any atom is -0.321 e. The van der Waals surface area contributed by atoms with Crippen LogP contribution in [0.4, 0.5) is 5.69 Å². The quantitative estimate of drug-likeness (QED) is 0.665. The number of hydrogen-bond acceptors (Lipinski definition) is 3. The van der Waals surface area contributed by atoms with Crippen molar-refractivity contribution in [2.24, 2.45) is 5.92 Å². The molecule has 30 heavy (non-hydrogen) atoms. The summed E-state index contributed by atoms with van der Waals surface area (Å²) in [7, 11) is -3.66. The van der Waals surface area contributed by atoms with Crippen LogP contribution in [0.2, 0.25) is 5.02 Å². The third-order valence-corrected chi connectivity index (χ3v) is 8.02. The van der Waals surface area contributed by atoms with Crippen molar-refractivity contribution in [3.05, 3.63) is 58.1 Å². The Morgan fingerprint density at radius 1 is 1.10 bits per heavy atom. The van der Waals surface area contributed by atoms with Gasteiger partial charge in [-0.3, -0.25) is 4.79 Å². The lowest BCUT2D eigenvalue weighted by Crippen LogP contribution is -2.37. The molecule has 1 saturated heterocycles. The largest absolute Gasteiger partial charge is 0.321 e. The number of amides is 1. The lowest BCUT2D eigenvalue weighted by Gasteiger charge is -2.29. The molecule has 0 radical (unpaired) electrons. The van der Waals surface area contributed by atoms with E-state index >= 15 is 0 Å². The summed E-state index contributed by atoms with van der Waals surface area (Å²) in [6.45, 7) is 7.19. The fourth-order valence-corrected chi connectivity index (χ4v) is 5.50. The van der Waals surface area contributed by atoms with Gasteiger partial charge in [0.15, 0.2) is 0 Å². The first kappa shape index (κ1) is 22.8. The first-order valence-corrected chi connectivity index (χ1v) is 12.3. The summed E-state index contributed by atoms with van der Waals surface area (Å²) < 4.78 is 27.7. The third kappa shape index (κ3) is 4.71. The van der Waals surface area contributed by atoms with Gasteiger partial charge in [0.25, 0.3) is 5.91 Å². The van der Waals surface area contributed by atoms with E-state index in [0.717, 1.165) is 42.5 Å². The monoisotopic (exact) mass is 448 g/mol. The van der Waals surface area contributed by atoms with Crippen LogP contribution >= 0.6 is 11.6 Å². The van der Waals surface area contributed by atoms with E-state index in [2.05, 4.69) is 12.2 Å². The van der Waals surface area contributed by atoms with Gasteiger partial charge in [-0.2, -0.15) is 4.31 Å². The van der Waals surface area contributed by atoms with Gasteiger partial charge in [0, 0.05) is 18.8 Å². The summed E-state index contributed by atoms with van der Waals surface area (Å²) in [5, 5.41) is 3.20. The van der Waals surface area contributed by atoms with E-state index in [9.17, 15) is 13.2 Å². The number of anilines is 1. The highest BCUT2D eigenvalue weighted by Gasteiger charge is 2.29. The van der Waals surface area contributed by atoms with E-state index < -0.39 is 15.9 Å². The zero-order chi connectivity index (χ0) is 21.9. The molecule has 1 fully saturated rings. The van der Waals surface area contributed by atoms with Crippen molar-refractivity contribution in [2.75, 3.05) is 18.4 Å². The van der Waals surface area contributed by atoms with E-state index in [1.54, 1.807) is 0 Å². The molecule has 0 aromatic heterocycles. The van der Waals surface area contributed by atoms with Gasteiger partial charge < -0.3 is 5.32 Å². The van der Waals surface area contributed by atoms with Gasteiger partial charge in [0.1, 0.15) is 0 Å². The normalized spacial score (nSPS) is 15.9. The van der Waals surface area contributed by atoms with Crippen LogP contribution < -0.4 is 5.32 Å². The Hall–Kier alpha value is -1.89. The Morgan fingerprint density at radius 3 is 2.27 bits per heavy atom. The molecule has 1 heterocycles. The van der Waals surface area contributed by atoms with Gasteiger partial charge in [-0.15, -0.1) is 0 Å². The molecule has 3 rings (SSSR count). The molecule has 0 unspecified atom stereocenters. The lowest BCUT2D eigenvalue weighted by molar-refractivity contribution is 0.102. The molecule has 0 spiro atoms. The molecule has 5 nitrogen and oxygen atoms in total. The van der Waals surface area contributed by atoms with E-state index in [0.29, 0.717) is 19.0 Å². The summed E-state index contributed by atoms with van der Waals surface area (Å²) >= 11 is 6.29. The molecule has 0 bridgehead atoms. The molecule has 162 valence electrons. The van der Waals surface area contributed by atoms with Gasteiger partial charge in [-0.05, 0) is 60.9 Å². The van der Waals surface area contributed by atoms with E-state index in [-0.39, 0.29) is 15.5 Å². The number of para-hydroxylation sites is 1. The zero-order valence-corrected chi connectivity index (χ0v) is 19.3. The number of benzene rings is 2. The molecule has 1 aliphatic heterocycles. The van der Waals surface area contributed by atoms with Gasteiger partial charge in [0.05, 0.1) is 15.5 Å². The molecule has 7 heteroatoms. The van der Waals surface area contributed by atoms with Crippen LogP contribution in [0.5, 0.6) is 0 Å². The number of rotatable bonds is 6. The average Bonchev–Trinajstić information content (AvgIpc) is 2.74. The minimum atomic E-state index is -3.66. The van der Waals surface area contributed by atoms with Crippen LogP contribution in [0, 0.1) is 5.92 Å². The smallest absolute Gasteiger partial charge is 0.257 e. The summed E-state index contributed by atoms with van der Waals surface area (Å²) in [6.07, 6.45) is 3.24. The number of sulfonamides is 1. The standard InChI is InChI=1S/C23H29ClN2O3S/c1-4-17-7-6-8-18(5-2)22(17)25-23(27)20-15-19(9-10-21(20)24)30(28,29)26-13-11-16(3)12-14-26/h6-10,15-16H,4-5,11-14H2,1-3H3,(H,25,27). The topological polar surface area (TPSA) is 66.5 Å². The first-order valence-electron chi connectivity index (χ1n) is 10.5. The Bertz CT molecular complexity index is 1010. The van der Waals surface area contributed by atoms with Gasteiger partial charge in [-0.25, -0.2) is 8.42 Å². The molecule has 1 aliphatic rings. The predicted octanol–water partition coefficient (Wildman–Crippen LogP) is 5.14. The van der Waals surface area contributed by atoms with Crippen LogP contribution in [0.1, 0.15) is 55.1 Å². The highest BCUT2D eigenvalue weighted by Crippen LogP contribution is 2.28. The van der Waals surface area contributed by atoms with Crippen LogP contribution in [0.3, 0.4) is 0 Å². The first-order chi connectivity index (χ1) is 14.3. The molecule has 0 saturated carbocycles. The summed E-state index contributed by atoms with van der Waals surface area (Å²) in [6, 6.07) is 10.3. The van der Waals surface area contributed by atoms with Crippen molar-refractivity contribution in [2.45, 2.75) is 51.3 Å². The summed E-state index contributed by atoms with van der Waals surface area (Å²) in [5.74, 6) is 0.120. The van der Waals surface area contributed by atoms with Crippen molar-refractivity contribution in [1.82, 2.24) is 4.31 Å². The molecule has 0 aliphatic carbocycles. The van der Waals surface area contributed by atoms with Crippen molar-refractivity contribution >= 4 is 33.2 Å². The van der Waals surface area contributed by atoms with E-state index in [1.165, 1.54) is 22.5 Å². The minimum absolute atomic E-state index is 0.103. The number of halogens is 1. The van der Waals surface area contributed by atoms with Crippen molar-refractivity contribution in [1.29, 1.82) is 0 Å². The third-order valence-electron chi connectivity index (χ3n) is 5.80. The van der Waals surface area contributed by atoms with Crippen molar-refractivity contribution in [3.8, 4) is 0 Å². The van der Waals surface area contributed by atoms with Crippen molar-refractivity contribution < 1.29 is 13.2 Å². The second kappa shape index (κ2) is 9.50. The maximum absolute atomic E-state index is 13.1. The number of nitrogens with one attached hydrogen (secondary N) is 1. The highest BCUT2D eigenvalue weighted by atomic mass is 35.5. The van der Waals surface area contributed by atoms with Gasteiger partial charge in [-0.1, -0.05) is 50.6 Å². The maximum atomic E-state index is 13.1. The molecular formula is C23H29ClN2O3S. The molecule has 2 aromatic carbocycles. The van der Waals surface area contributed by atoms with Crippen molar-refractivity contribution in [3.63, 3.8) is 0 Å². The van der Waals surface area contributed by atoms with E-state index in [4.69, 9.17) is 11.6 Å². The highest BCUT2D eigenvalue weighted by molar-refractivity contribution is 7.89. The Kier molecular flexibility index (Phi) is 7.22. The number of piperidine rings is 1. The summed E-state index contributed by atoms with van der Waals surface area (Å²) in [5.41, 5.74) is 3.01. The zero-order valence-electron chi connectivity index (χ0n) is 17.7. The van der Waals surface area contributed by atoms with Gasteiger partial charge in [0.2, 0.25) is 10.0 Å². The van der Waals surface area contributed by atoms with Gasteiger partial charge >= 0.3 is 0 Å². The van der Waals surface area contributed by atoms with Crippen LogP contribution in [0.25, 0.3) is 0 Å². The molecular weight excluding hydrogens is 420 g/mol. The Morgan fingerprint density at radius 2 is 1.70 bits per heavy atom. The predicted molar refractivity (Wildman–Crippen MR) is 122 cm³/mol. The second-order valence-corrected chi connectivity index (χ2v) is 10.2. The number of nitrogens with zero attached hydrogens (tertiary/aromatic N) is 1. The van der Waals surface area contributed by atoms with E-state index in [1.807, 2.05) is 32.0 Å². The molecule has 1 N–H and O–H groups in total. The fraction of sp³-hybridized carbons (Fsp3) is 0.435. The molecule has 0 atom stereocenters. The summed E-state index contributed by atoms with van der Waals surface area (Å²) in [4.78, 5) is 13.2. The SMILES string of the molecule is CCc1cccc(CC)c1NC(=O)c1cc(S(=O)(=O)N2CCC(C)CC2)ccc1Cl. The van der Waals surface area contributed by atoms with Crippen LogP contribution in [-0.4, -0.2) is 31.7 Å². The number of aryl methyl sites for hydroxylation is 2. The fourth-order valence-electron chi connectivity index (χ4n) is 3.80. The molecule has 2 aromatic rings. The number of hydrogen-bond donors (Lipinski definition) is 1. The Labute approximate surface area is 184 Å². The average molecular weight is 449 g/mol. The van der Waals surface area contributed by atoms with Crippen LogP contribution in [-0.2, 0) is 22.9 Å². The van der Waals surface area contributed by atoms with Crippen LogP contribution in [0.15, 0.2) is 41.3 Å². The number of carbonyl (C=O) groups excluding carboxylic acids is 1. The second-order valence-electron chi connectivity index (χ2n) is 7.84. The maximum Gasteiger partial charge on any atom is 0.257 e. The lowest BCUT2D eigenvalue weighted by atomic mass is 10.0. The molecule has 1 amide bonds. The number of carbonyl (C=O) groups is 1. The Balaban J connectivity index is 1.92.